The lowest BCUT2D eigenvalue weighted by molar-refractivity contribution is -0.0519. The second-order valence-electron chi connectivity index (χ2n) is 3.37. The normalized spacial score (nSPS) is 11.1. The first-order valence-corrected chi connectivity index (χ1v) is 5.63. The summed E-state index contributed by atoms with van der Waals surface area (Å²) in [4.78, 5) is 24.8. The number of nitrogens with one attached hydrogen (secondary N) is 1. The van der Waals surface area contributed by atoms with Crippen molar-refractivity contribution in [1.82, 2.24) is 9.55 Å². The molecule has 0 saturated carbocycles. The Morgan fingerprint density at radius 3 is 2.53 bits per heavy atom. The maximum absolute atomic E-state index is 11.5. The minimum Gasteiger partial charge on any atom is -0.394 e. The summed E-state index contributed by atoms with van der Waals surface area (Å²) in [6.45, 7) is 0.715. The summed E-state index contributed by atoms with van der Waals surface area (Å²) in [5.41, 5.74) is -0.705. The number of hydrogen-bond donors (Lipinski definition) is 3. The maximum Gasteiger partial charge on any atom is 0.330 e. The van der Waals surface area contributed by atoms with Crippen LogP contribution in [0.2, 0.25) is 0 Å². The van der Waals surface area contributed by atoms with Gasteiger partial charge in [-0.25, -0.2) is 4.79 Å². The van der Waals surface area contributed by atoms with Crippen molar-refractivity contribution in [2.24, 2.45) is 0 Å². The van der Waals surface area contributed by atoms with E-state index >= 15 is 0 Å². The van der Waals surface area contributed by atoms with E-state index in [9.17, 15) is 9.59 Å². The Kier molecular flexibility index (Phi) is 5.06. The Balaban J connectivity index is 2.96. The van der Waals surface area contributed by atoms with E-state index in [-0.39, 0.29) is 24.4 Å². The predicted octanol–water partition coefficient (Wildman–Crippen LogP) is -1.07. The summed E-state index contributed by atoms with van der Waals surface area (Å²) in [6.07, 6.45) is -0.757. The smallest absolute Gasteiger partial charge is 0.330 e. The number of ether oxygens (including phenoxy) is 1. The first-order valence-electron chi connectivity index (χ1n) is 4.83. The van der Waals surface area contributed by atoms with Gasteiger partial charge in [0.1, 0.15) is 17.3 Å². The Bertz CT molecular complexity index is 491. The van der Waals surface area contributed by atoms with E-state index < -0.39 is 17.4 Å². The van der Waals surface area contributed by atoms with Gasteiger partial charge in [0.05, 0.1) is 13.2 Å². The highest BCUT2D eigenvalue weighted by Crippen LogP contribution is 2.07. The van der Waals surface area contributed by atoms with Crippen molar-refractivity contribution in [3.63, 3.8) is 0 Å². The standard InChI is InChI=1S/C9H13BrN2O5/c1-5-7(10)8(15)11-9(16)12(5)4-17-6(2-13)3-14/h6,13-14H,2-4H2,1H3,(H,11,15,16). The molecule has 0 aromatic carbocycles. The van der Waals surface area contributed by atoms with E-state index in [1.165, 1.54) is 4.57 Å². The van der Waals surface area contributed by atoms with Crippen LogP contribution in [0.25, 0.3) is 0 Å². The molecule has 0 spiro atoms. The molecular weight excluding hydrogens is 296 g/mol. The molecule has 0 bridgehead atoms. The number of nitrogens with zero attached hydrogens (tertiary/aromatic N) is 1. The van der Waals surface area contributed by atoms with E-state index in [1.54, 1.807) is 6.92 Å². The molecule has 0 aliphatic heterocycles. The third kappa shape index (κ3) is 3.25. The molecule has 0 amide bonds. The van der Waals surface area contributed by atoms with Crippen molar-refractivity contribution in [1.29, 1.82) is 0 Å². The van der Waals surface area contributed by atoms with Crippen LogP contribution in [-0.2, 0) is 11.5 Å². The average molecular weight is 309 g/mol. The zero-order valence-electron chi connectivity index (χ0n) is 9.14. The summed E-state index contributed by atoms with van der Waals surface area (Å²) in [5, 5.41) is 17.6. The van der Waals surface area contributed by atoms with Gasteiger partial charge < -0.3 is 14.9 Å². The summed E-state index contributed by atoms with van der Waals surface area (Å²) in [5.74, 6) is 0. The third-order valence-electron chi connectivity index (χ3n) is 2.23. The van der Waals surface area contributed by atoms with E-state index in [2.05, 4.69) is 20.9 Å². The van der Waals surface area contributed by atoms with E-state index in [4.69, 9.17) is 14.9 Å². The Labute approximate surface area is 105 Å². The van der Waals surface area contributed by atoms with Gasteiger partial charge in [-0.1, -0.05) is 0 Å². The lowest BCUT2D eigenvalue weighted by Gasteiger charge is -2.15. The highest BCUT2D eigenvalue weighted by atomic mass is 79.9. The Morgan fingerprint density at radius 2 is 2.00 bits per heavy atom. The summed E-state index contributed by atoms with van der Waals surface area (Å²) < 4.78 is 6.53. The van der Waals surface area contributed by atoms with Crippen LogP contribution in [0.15, 0.2) is 14.1 Å². The number of aliphatic hydroxyl groups excluding tert-OH is 2. The topological polar surface area (TPSA) is 105 Å². The fourth-order valence-electron chi connectivity index (χ4n) is 1.15. The van der Waals surface area contributed by atoms with Crippen molar-refractivity contribution in [2.45, 2.75) is 19.8 Å². The first kappa shape index (κ1) is 14.1. The molecule has 0 unspecified atom stereocenters. The van der Waals surface area contributed by atoms with Gasteiger partial charge in [0.15, 0.2) is 0 Å². The molecule has 0 atom stereocenters. The minimum absolute atomic E-state index is 0.161. The number of aromatic amines is 1. The Morgan fingerprint density at radius 1 is 1.41 bits per heavy atom. The first-order chi connectivity index (χ1) is 8.01. The molecule has 1 aromatic heterocycles. The van der Waals surface area contributed by atoms with Crippen LogP contribution in [0.5, 0.6) is 0 Å². The molecule has 96 valence electrons. The number of H-pyrrole nitrogens is 1. The van der Waals surface area contributed by atoms with Gasteiger partial charge in [0.2, 0.25) is 0 Å². The van der Waals surface area contributed by atoms with Gasteiger partial charge >= 0.3 is 5.69 Å². The summed E-state index contributed by atoms with van der Waals surface area (Å²) in [6, 6.07) is 0. The predicted molar refractivity (Wildman–Crippen MR) is 62.8 cm³/mol. The highest BCUT2D eigenvalue weighted by Gasteiger charge is 2.11. The van der Waals surface area contributed by atoms with Crippen molar-refractivity contribution >= 4 is 15.9 Å². The van der Waals surface area contributed by atoms with Crippen molar-refractivity contribution in [2.75, 3.05) is 13.2 Å². The molecule has 1 aromatic rings. The fraction of sp³-hybridized carbons (Fsp3) is 0.556. The van der Waals surface area contributed by atoms with Gasteiger partial charge in [0.25, 0.3) is 5.56 Å². The van der Waals surface area contributed by atoms with Crippen LogP contribution in [0, 0.1) is 6.92 Å². The van der Waals surface area contributed by atoms with E-state index in [0.29, 0.717) is 5.69 Å². The summed E-state index contributed by atoms with van der Waals surface area (Å²) >= 11 is 3.05. The molecule has 3 N–H and O–H groups in total. The molecule has 0 saturated heterocycles. The average Bonchev–Trinajstić information content (AvgIpc) is 2.31. The molecular formula is C9H13BrN2O5. The van der Waals surface area contributed by atoms with Crippen LogP contribution >= 0.6 is 15.9 Å². The third-order valence-corrected chi connectivity index (χ3v) is 3.17. The molecule has 1 rings (SSSR count). The lowest BCUT2D eigenvalue weighted by atomic mass is 10.4. The van der Waals surface area contributed by atoms with Gasteiger partial charge in [-0.05, 0) is 22.9 Å². The quantitative estimate of drug-likeness (QED) is 0.643. The molecule has 0 aliphatic rings. The number of rotatable bonds is 5. The zero-order chi connectivity index (χ0) is 13.0. The maximum atomic E-state index is 11.5. The van der Waals surface area contributed by atoms with Gasteiger partial charge in [0, 0.05) is 5.69 Å². The van der Waals surface area contributed by atoms with E-state index in [0.717, 1.165) is 0 Å². The van der Waals surface area contributed by atoms with Crippen molar-refractivity contribution in [3.05, 3.63) is 31.0 Å². The monoisotopic (exact) mass is 308 g/mol. The highest BCUT2D eigenvalue weighted by molar-refractivity contribution is 9.10. The molecule has 1 heterocycles. The second kappa shape index (κ2) is 6.10. The zero-order valence-corrected chi connectivity index (χ0v) is 10.7. The molecule has 17 heavy (non-hydrogen) atoms. The molecule has 8 heteroatoms. The second-order valence-corrected chi connectivity index (χ2v) is 4.16. The van der Waals surface area contributed by atoms with Crippen LogP contribution < -0.4 is 11.2 Å². The van der Waals surface area contributed by atoms with Gasteiger partial charge in [-0.15, -0.1) is 0 Å². The molecule has 0 radical (unpaired) electrons. The number of aliphatic hydroxyl groups is 2. The SMILES string of the molecule is Cc1c(Br)c(=O)[nH]c(=O)n1COC(CO)CO. The molecule has 7 nitrogen and oxygen atoms in total. The minimum atomic E-state index is -0.757. The van der Waals surface area contributed by atoms with Crippen LogP contribution in [-0.4, -0.2) is 39.1 Å². The largest absolute Gasteiger partial charge is 0.394 e. The van der Waals surface area contributed by atoms with Crippen LogP contribution in [0.3, 0.4) is 0 Å². The van der Waals surface area contributed by atoms with Gasteiger partial charge in [-0.3, -0.25) is 14.3 Å². The lowest BCUT2D eigenvalue weighted by Crippen LogP contribution is -2.35. The Hall–Kier alpha value is -0.960. The molecule has 0 aliphatic carbocycles. The van der Waals surface area contributed by atoms with Crippen LogP contribution in [0.4, 0.5) is 0 Å². The van der Waals surface area contributed by atoms with Crippen molar-refractivity contribution in [3.8, 4) is 0 Å². The summed E-state index contributed by atoms with van der Waals surface area (Å²) in [7, 11) is 0. The fourth-order valence-corrected chi connectivity index (χ4v) is 1.47. The van der Waals surface area contributed by atoms with Crippen molar-refractivity contribution < 1.29 is 14.9 Å². The van der Waals surface area contributed by atoms with E-state index in [1.807, 2.05) is 0 Å². The molecule has 0 fully saturated rings. The van der Waals surface area contributed by atoms with Crippen LogP contribution in [0.1, 0.15) is 5.69 Å². The number of hydrogen-bond acceptors (Lipinski definition) is 5. The number of aromatic nitrogens is 2. The number of halogens is 1. The van der Waals surface area contributed by atoms with Gasteiger partial charge in [-0.2, -0.15) is 0 Å².